The second kappa shape index (κ2) is 7.17. The summed E-state index contributed by atoms with van der Waals surface area (Å²) in [6.07, 6.45) is 1.58. The van der Waals surface area contributed by atoms with E-state index in [1.807, 2.05) is 13.0 Å². The lowest BCUT2D eigenvalue weighted by atomic mass is 10.0. The predicted molar refractivity (Wildman–Crippen MR) is 78.3 cm³/mol. The fourth-order valence-electron chi connectivity index (χ4n) is 1.73. The van der Waals surface area contributed by atoms with Crippen molar-refractivity contribution in [2.45, 2.75) is 13.5 Å². The Hall–Kier alpha value is -2.71. The highest BCUT2D eigenvalue weighted by atomic mass is 16.2. The highest BCUT2D eigenvalue weighted by Gasteiger charge is 2.07. The predicted octanol–water partition coefficient (Wildman–Crippen LogP) is 1.06. The van der Waals surface area contributed by atoms with Crippen molar-refractivity contribution in [3.8, 4) is 11.8 Å². The van der Waals surface area contributed by atoms with E-state index in [1.165, 1.54) is 0 Å². The molecule has 0 unspecified atom stereocenters. The standard InChI is InChI=1S/C16H15N3O2/c1-12-6-7-14(10-13(12)4-3-9-20)16(21)17-11-15-5-2-8-18-19-15/h2,5-8,10,20H,9,11H2,1H3,(H,17,21). The summed E-state index contributed by atoms with van der Waals surface area (Å²) in [4.78, 5) is 12.1. The SMILES string of the molecule is Cc1ccc(C(=O)NCc2cccnn2)cc1C#CCO. The summed E-state index contributed by atoms with van der Waals surface area (Å²) in [7, 11) is 0. The Bertz CT molecular complexity index is 688. The third kappa shape index (κ3) is 4.13. The van der Waals surface area contributed by atoms with Gasteiger partial charge in [-0.1, -0.05) is 17.9 Å². The van der Waals surface area contributed by atoms with E-state index in [1.54, 1.807) is 30.5 Å². The van der Waals surface area contributed by atoms with E-state index in [2.05, 4.69) is 27.4 Å². The minimum atomic E-state index is -0.206. The Morgan fingerprint density at radius 2 is 2.24 bits per heavy atom. The zero-order chi connectivity index (χ0) is 15.1. The van der Waals surface area contributed by atoms with Gasteiger partial charge in [0.2, 0.25) is 0 Å². The highest BCUT2D eigenvalue weighted by Crippen LogP contribution is 2.10. The number of aliphatic hydroxyl groups is 1. The topological polar surface area (TPSA) is 75.1 Å². The lowest BCUT2D eigenvalue weighted by molar-refractivity contribution is 0.0950. The molecule has 21 heavy (non-hydrogen) atoms. The van der Waals surface area contributed by atoms with Gasteiger partial charge in [0.25, 0.3) is 5.91 Å². The van der Waals surface area contributed by atoms with Gasteiger partial charge in [0, 0.05) is 17.3 Å². The van der Waals surface area contributed by atoms with Crippen molar-refractivity contribution in [1.29, 1.82) is 0 Å². The number of hydrogen-bond donors (Lipinski definition) is 2. The Balaban J connectivity index is 2.09. The van der Waals surface area contributed by atoms with Crippen molar-refractivity contribution in [3.63, 3.8) is 0 Å². The van der Waals surface area contributed by atoms with Gasteiger partial charge in [-0.05, 0) is 36.8 Å². The molecule has 2 rings (SSSR count). The average molecular weight is 281 g/mol. The number of nitrogens with zero attached hydrogens (tertiary/aromatic N) is 2. The molecule has 0 radical (unpaired) electrons. The molecule has 0 bridgehead atoms. The first-order valence-electron chi connectivity index (χ1n) is 6.46. The van der Waals surface area contributed by atoms with Gasteiger partial charge in [0.15, 0.2) is 0 Å². The summed E-state index contributed by atoms with van der Waals surface area (Å²) in [5, 5.41) is 19.2. The molecule has 2 aromatic rings. The molecule has 0 aliphatic rings. The lowest BCUT2D eigenvalue weighted by Crippen LogP contribution is -2.23. The van der Waals surface area contributed by atoms with Crippen LogP contribution in [0, 0.1) is 18.8 Å². The van der Waals surface area contributed by atoms with Crippen molar-refractivity contribution in [2.75, 3.05) is 6.61 Å². The van der Waals surface area contributed by atoms with Crippen LogP contribution < -0.4 is 5.32 Å². The number of carbonyl (C=O) groups is 1. The minimum absolute atomic E-state index is 0.201. The van der Waals surface area contributed by atoms with Crippen LogP contribution >= 0.6 is 0 Å². The van der Waals surface area contributed by atoms with Gasteiger partial charge >= 0.3 is 0 Å². The molecule has 0 spiro atoms. The van der Waals surface area contributed by atoms with Gasteiger partial charge in [-0.25, -0.2) is 0 Å². The van der Waals surface area contributed by atoms with Gasteiger partial charge < -0.3 is 10.4 Å². The summed E-state index contributed by atoms with van der Waals surface area (Å²) < 4.78 is 0. The third-order valence-corrected chi connectivity index (χ3v) is 2.86. The van der Waals surface area contributed by atoms with Crippen LogP contribution in [0.2, 0.25) is 0 Å². The van der Waals surface area contributed by atoms with Gasteiger partial charge in [-0.3, -0.25) is 4.79 Å². The number of rotatable bonds is 3. The van der Waals surface area contributed by atoms with Crippen molar-refractivity contribution in [3.05, 3.63) is 58.9 Å². The second-order valence-electron chi connectivity index (χ2n) is 4.39. The van der Waals surface area contributed by atoms with E-state index in [9.17, 15) is 4.79 Å². The molecule has 0 aliphatic heterocycles. The maximum atomic E-state index is 12.1. The van der Waals surface area contributed by atoms with Crippen LogP contribution in [0.5, 0.6) is 0 Å². The molecular formula is C16H15N3O2. The van der Waals surface area contributed by atoms with Gasteiger partial charge in [0.05, 0.1) is 12.2 Å². The summed E-state index contributed by atoms with van der Waals surface area (Å²) in [5.41, 5.74) is 2.91. The number of amides is 1. The molecule has 0 saturated carbocycles. The molecular weight excluding hydrogens is 266 g/mol. The number of aliphatic hydroxyl groups excluding tert-OH is 1. The van der Waals surface area contributed by atoms with E-state index in [-0.39, 0.29) is 12.5 Å². The molecule has 5 heteroatoms. The number of nitrogens with one attached hydrogen (secondary N) is 1. The maximum Gasteiger partial charge on any atom is 0.251 e. The van der Waals surface area contributed by atoms with Crippen LogP contribution in [0.4, 0.5) is 0 Å². The molecule has 0 aliphatic carbocycles. The Morgan fingerprint density at radius 3 is 2.95 bits per heavy atom. The van der Waals surface area contributed by atoms with E-state index >= 15 is 0 Å². The average Bonchev–Trinajstić information content (AvgIpc) is 2.53. The summed E-state index contributed by atoms with van der Waals surface area (Å²) >= 11 is 0. The first kappa shape index (κ1) is 14.7. The summed E-state index contributed by atoms with van der Waals surface area (Å²) in [6, 6.07) is 8.84. The molecule has 1 amide bonds. The zero-order valence-corrected chi connectivity index (χ0v) is 11.6. The van der Waals surface area contributed by atoms with Crippen LogP contribution in [0.3, 0.4) is 0 Å². The number of aryl methyl sites for hydroxylation is 1. The van der Waals surface area contributed by atoms with Crippen molar-refractivity contribution >= 4 is 5.91 Å². The molecule has 1 heterocycles. The maximum absolute atomic E-state index is 12.1. The third-order valence-electron chi connectivity index (χ3n) is 2.86. The fourth-order valence-corrected chi connectivity index (χ4v) is 1.73. The van der Waals surface area contributed by atoms with Crippen LogP contribution in [0.15, 0.2) is 36.5 Å². The monoisotopic (exact) mass is 281 g/mol. The quantitative estimate of drug-likeness (QED) is 0.825. The largest absolute Gasteiger partial charge is 0.384 e. The highest BCUT2D eigenvalue weighted by molar-refractivity contribution is 5.94. The number of aromatic nitrogens is 2. The second-order valence-corrected chi connectivity index (χ2v) is 4.39. The van der Waals surface area contributed by atoms with Crippen LogP contribution in [-0.4, -0.2) is 27.8 Å². The van der Waals surface area contributed by atoms with E-state index in [4.69, 9.17) is 5.11 Å². The molecule has 0 saturated heterocycles. The fraction of sp³-hybridized carbons (Fsp3) is 0.188. The van der Waals surface area contributed by atoms with E-state index in [0.717, 1.165) is 11.1 Å². The van der Waals surface area contributed by atoms with Crippen molar-refractivity contribution in [1.82, 2.24) is 15.5 Å². The molecule has 5 nitrogen and oxygen atoms in total. The summed E-state index contributed by atoms with van der Waals surface area (Å²) in [5.74, 6) is 5.21. The normalized spacial score (nSPS) is 9.62. The number of carbonyl (C=O) groups excluding carboxylic acids is 1. The Morgan fingerprint density at radius 1 is 1.38 bits per heavy atom. The lowest BCUT2D eigenvalue weighted by Gasteiger charge is -2.06. The van der Waals surface area contributed by atoms with Crippen molar-refractivity contribution in [2.24, 2.45) is 0 Å². The molecule has 106 valence electrons. The van der Waals surface area contributed by atoms with E-state index in [0.29, 0.717) is 17.8 Å². The summed E-state index contributed by atoms with van der Waals surface area (Å²) in [6.45, 7) is 2.02. The first-order chi connectivity index (χ1) is 10.2. The molecule has 1 aromatic carbocycles. The zero-order valence-electron chi connectivity index (χ0n) is 11.6. The number of benzene rings is 1. The van der Waals surface area contributed by atoms with Gasteiger partial charge in [0.1, 0.15) is 6.61 Å². The Kier molecular flexibility index (Phi) is 5.02. The molecule has 1 aromatic heterocycles. The Labute approximate surface area is 123 Å². The molecule has 0 atom stereocenters. The molecule has 0 fully saturated rings. The van der Waals surface area contributed by atoms with Crippen LogP contribution in [0.1, 0.15) is 27.2 Å². The van der Waals surface area contributed by atoms with E-state index < -0.39 is 0 Å². The first-order valence-corrected chi connectivity index (χ1v) is 6.46. The van der Waals surface area contributed by atoms with Gasteiger partial charge in [-0.2, -0.15) is 10.2 Å². The molecule has 2 N–H and O–H groups in total. The van der Waals surface area contributed by atoms with Crippen molar-refractivity contribution < 1.29 is 9.90 Å². The van der Waals surface area contributed by atoms with Gasteiger partial charge in [-0.15, -0.1) is 0 Å². The van der Waals surface area contributed by atoms with Crippen LogP contribution in [-0.2, 0) is 6.54 Å². The van der Waals surface area contributed by atoms with Crippen LogP contribution in [0.25, 0.3) is 0 Å². The smallest absolute Gasteiger partial charge is 0.251 e. The minimum Gasteiger partial charge on any atom is -0.384 e. The number of hydrogen-bond acceptors (Lipinski definition) is 4.